The Balaban J connectivity index is 0.00000264. The largest absolute Gasteiger partial charge is 0.370 e. The van der Waals surface area contributed by atoms with Gasteiger partial charge in [-0.2, -0.15) is 11.8 Å². The molecule has 1 unspecified atom stereocenters. The molecule has 2 N–H and O–H groups in total. The number of rotatable bonds is 6. The van der Waals surface area contributed by atoms with Gasteiger partial charge in [0.25, 0.3) is 0 Å². The van der Waals surface area contributed by atoms with Crippen molar-refractivity contribution in [2.24, 2.45) is 10.7 Å². The summed E-state index contributed by atoms with van der Waals surface area (Å²) in [7, 11) is 2.17. The minimum atomic E-state index is 0. The first-order valence-electron chi connectivity index (χ1n) is 8.03. The van der Waals surface area contributed by atoms with E-state index in [2.05, 4.69) is 59.1 Å². The molecule has 0 aromatic heterocycles. The van der Waals surface area contributed by atoms with Crippen molar-refractivity contribution in [1.82, 2.24) is 9.80 Å². The van der Waals surface area contributed by atoms with Crippen molar-refractivity contribution >= 4 is 41.7 Å². The van der Waals surface area contributed by atoms with E-state index in [-0.39, 0.29) is 24.0 Å². The van der Waals surface area contributed by atoms with Gasteiger partial charge in [-0.15, -0.1) is 24.0 Å². The van der Waals surface area contributed by atoms with Crippen LogP contribution in [0.3, 0.4) is 0 Å². The van der Waals surface area contributed by atoms with Crippen LogP contribution in [0, 0.1) is 0 Å². The first kappa shape index (κ1) is 20.6. The maximum atomic E-state index is 6.09. The maximum absolute atomic E-state index is 6.09. The topological polar surface area (TPSA) is 44.9 Å². The lowest BCUT2D eigenvalue weighted by Crippen LogP contribution is -2.42. The number of hydrogen-bond acceptors (Lipinski definition) is 3. The number of guanidine groups is 1. The van der Waals surface area contributed by atoms with Gasteiger partial charge in [-0.05, 0) is 26.0 Å². The van der Waals surface area contributed by atoms with Crippen LogP contribution in [0.1, 0.15) is 18.9 Å². The van der Waals surface area contributed by atoms with E-state index in [9.17, 15) is 0 Å². The fraction of sp³-hybridized carbons (Fsp3) is 0.588. The van der Waals surface area contributed by atoms with E-state index < -0.39 is 0 Å². The molecule has 4 nitrogen and oxygen atoms in total. The van der Waals surface area contributed by atoms with Gasteiger partial charge in [0.2, 0.25) is 0 Å². The Morgan fingerprint density at radius 1 is 1.30 bits per heavy atom. The second-order valence-corrected chi connectivity index (χ2v) is 7.10. The third kappa shape index (κ3) is 7.30. The Kier molecular flexibility index (Phi) is 9.97. The van der Waals surface area contributed by atoms with Crippen molar-refractivity contribution in [2.45, 2.75) is 25.9 Å². The molecule has 1 aromatic rings. The van der Waals surface area contributed by atoms with E-state index in [4.69, 9.17) is 5.73 Å². The molecule has 1 saturated heterocycles. The van der Waals surface area contributed by atoms with E-state index in [1.165, 1.54) is 5.56 Å². The van der Waals surface area contributed by atoms with E-state index >= 15 is 0 Å². The number of benzene rings is 1. The zero-order chi connectivity index (χ0) is 15.8. The molecule has 2 rings (SSSR count). The quantitative estimate of drug-likeness (QED) is 0.413. The summed E-state index contributed by atoms with van der Waals surface area (Å²) in [5.74, 6) is 3.04. The molecule has 0 radical (unpaired) electrons. The molecular weight excluding hydrogens is 419 g/mol. The van der Waals surface area contributed by atoms with Gasteiger partial charge in [0, 0.05) is 43.7 Å². The number of thioether (sulfide) groups is 1. The predicted octanol–water partition coefficient (Wildman–Crippen LogP) is 2.88. The van der Waals surface area contributed by atoms with Crippen LogP contribution in [0.5, 0.6) is 0 Å². The molecule has 130 valence electrons. The molecule has 1 aromatic carbocycles. The van der Waals surface area contributed by atoms with Crippen molar-refractivity contribution in [3.63, 3.8) is 0 Å². The average molecular weight is 448 g/mol. The Morgan fingerprint density at radius 2 is 1.96 bits per heavy atom. The molecule has 0 bridgehead atoms. The normalized spacial score (nSPS) is 17.0. The fourth-order valence-electron chi connectivity index (χ4n) is 2.51. The van der Waals surface area contributed by atoms with Crippen LogP contribution in [-0.4, -0.2) is 60.0 Å². The lowest BCUT2D eigenvalue weighted by atomic mass is 10.1. The van der Waals surface area contributed by atoms with Crippen LogP contribution >= 0.6 is 35.7 Å². The van der Waals surface area contributed by atoms with Gasteiger partial charge in [-0.25, -0.2) is 0 Å². The van der Waals surface area contributed by atoms with Gasteiger partial charge in [0.15, 0.2) is 5.96 Å². The minimum Gasteiger partial charge on any atom is -0.370 e. The molecule has 1 atom stereocenters. The van der Waals surface area contributed by atoms with E-state index in [1.807, 2.05) is 11.8 Å². The zero-order valence-corrected chi connectivity index (χ0v) is 17.3. The standard InChI is InChI=1S/C17H28N4S.HI/c1-15(20(2)14-16-6-4-3-5-7-16)8-9-19-17(18)21-10-12-22-13-11-21;/h3-7,15H,8-14H2,1-2H3,(H2,18,19);1H. The molecule has 1 fully saturated rings. The lowest BCUT2D eigenvalue weighted by Gasteiger charge is -2.27. The van der Waals surface area contributed by atoms with E-state index in [0.29, 0.717) is 6.04 Å². The zero-order valence-electron chi connectivity index (χ0n) is 14.1. The van der Waals surface area contributed by atoms with Gasteiger partial charge in [0.1, 0.15) is 0 Å². The Bertz CT molecular complexity index is 463. The minimum absolute atomic E-state index is 0. The molecule has 1 aliphatic heterocycles. The Labute approximate surface area is 161 Å². The number of aliphatic imine (C=N–C) groups is 1. The third-order valence-electron chi connectivity index (χ3n) is 4.18. The second kappa shape index (κ2) is 11.1. The lowest BCUT2D eigenvalue weighted by molar-refractivity contribution is 0.240. The van der Waals surface area contributed by atoms with Crippen molar-refractivity contribution in [3.8, 4) is 0 Å². The van der Waals surface area contributed by atoms with Crippen molar-refractivity contribution in [2.75, 3.05) is 38.2 Å². The molecule has 0 amide bonds. The fourth-order valence-corrected chi connectivity index (χ4v) is 3.41. The molecule has 1 heterocycles. The smallest absolute Gasteiger partial charge is 0.191 e. The maximum Gasteiger partial charge on any atom is 0.191 e. The van der Waals surface area contributed by atoms with Crippen LogP contribution in [0.15, 0.2) is 35.3 Å². The Hall–Kier alpha value is -0.470. The number of hydrogen-bond donors (Lipinski definition) is 1. The SMILES string of the molecule is CC(CCN=C(N)N1CCSCC1)N(C)Cc1ccccc1.I. The number of nitrogens with zero attached hydrogens (tertiary/aromatic N) is 3. The van der Waals surface area contributed by atoms with Crippen LogP contribution in [0.4, 0.5) is 0 Å². The predicted molar refractivity (Wildman–Crippen MR) is 113 cm³/mol. The van der Waals surface area contributed by atoms with Crippen LogP contribution in [-0.2, 0) is 6.54 Å². The summed E-state index contributed by atoms with van der Waals surface area (Å²) in [5, 5.41) is 0. The molecule has 1 aliphatic rings. The summed E-state index contributed by atoms with van der Waals surface area (Å²) in [6, 6.07) is 11.1. The van der Waals surface area contributed by atoms with Gasteiger partial charge < -0.3 is 10.6 Å². The summed E-state index contributed by atoms with van der Waals surface area (Å²) in [6.07, 6.45) is 1.03. The molecular formula is C17H29IN4S. The second-order valence-electron chi connectivity index (χ2n) is 5.88. The highest BCUT2D eigenvalue weighted by atomic mass is 127. The van der Waals surface area contributed by atoms with Crippen LogP contribution in [0.2, 0.25) is 0 Å². The van der Waals surface area contributed by atoms with Crippen LogP contribution < -0.4 is 5.73 Å². The molecule has 0 saturated carbocycles. The highest BCUT2D eigenvalue weighted by molar-refractivity contribution is 14.0. The van der Waals surface area contributed by atoms with E-state index in [0.717, 1.165) is 50.1 Å². The van der Waals surface area contributed by atoms with Crippen molar-refractivity contribution in [1.29, 1.82) is 0 Å². The summed E-state index contributed by atoms with van der Waals surface area (Å²) in [6.45, 7) is 6.10. The summed E-state index contributed by atoms with van der Waals surface area (Å²) in [5.41, 5.74) is 7.44. The highest BCUT2D eigenvalue weighted by Crippen LogP contribution is 2.10. The monoisotopic (exact) mass is 448 g/mol. The summed E-state index contributed by atoms with van der Waals surface area (Å²) >= 11 is 1.99. The molecule has 0 spiro atoms. The van der Waals surface area contributed by atoms with Crippen LogP contribution in [0.25, 0.3) is 0 Å². The van der Waals surface area contributed by atoms with E-state index in [1.54, 1.807) is 0 Å². The number of nitrogens with two attached hydrogens (primary N) is 1. The average Bonchev–Trinajstić information content (AvgIpc) is 2.56. The Morgan fingerprint density at radius 3 is 2.61 bits per heavy atom. The summed E-state index contributed by atoms with van der Waals surface area (Å²) < 4.78 is 0. The summed E-state index contributed by atoms with van der Waals surface area (Å²) in [4.78, 5) is 9.14. The van der Waals surface area contributed by atoms with Gasteiger partial charge in [-0.3, -0.25) is 9.89 Å². The first-order valence-corrected chi connectivity index (χ1v) is 9.19. The van der Waals surface area contributed by atoms with Gasteiger partial charge in [-0.1, -0.05) is 30.3 Å². The van der Waals surface area contributed by atoms with Crippen molar-refractivity contribution in [3.05, 3.63) is 35.9 Å². The number of halogens is 1. The highest BCUT2D eigenvalue weighted by Gasteiger charge is 2.13. The molecule has 0 aliphatic carbocycles. The first-order chi connectivity index (χ1) is 10.7. The van der Waals surface area contributed by atoms with Gasteiger partial charge in [0.05, 0.1) is 0 Å². The molecule has 23 heavy (non-hydrogen) atoms. The third-order valence-corrected chi connectivity index (χ3v) is 5.13. The molecule has 6 heteroatoms. The van der Waals surface area contributed by atoms with Crippen molar-refractivity contribution < 1.29 is 0 Å². The van der Waals surface area contributed by atoms with Gasteiger partial charge >= 0.3 is 0 Å².